The minimum atomic E-state index is -0.196. The third-order valence-corrected chi connectivity index (χ3v) is 4.49. The zero-order valence-electron chi connectivity index (χ0n) is 11.0. The largest absolute Gasteiger partial charge is 0.369 e. The second-order valence-corrected chi connectivity index (χ2v) is 5.83. The molecule has 0 spiro atoms. The lowest BCUT2D eigenvalue weighted by atomic mass is 9.96. The van der Waals surface area contributed by atoms with Gasteiger partial charge in [-0.1, -0.05) is 6.07 Å². The molecule has 0 aliphatic carbocycles. The van der Waals surface area contributed by atoms with E-state index in [2.05, 4.69) is 20.9 Å². The van der Waals surface area contributed by atoms with E-state index in [9.17, 15) is 4.79 Å². The van der Waals surface area contributed by atoms with Crippen molar-refractivity contribution in [1.29, 1.82) is 0 Å². The van der Waals surface area contributed by atoms with Gasteiger partial charge in [0.05, 0.1) is 10.6 Å². The van der Waals surface area contributed by atoms with Gasteiger partial charge < -0.3 is 10.6 Å². The molecule has 0 atom stereocenters. The van der Waals surface area contributed by atoms with E-state index in [1.807, 2.05) is 17.5 Å². The van der Waals surface area contributed by atoms with Crippen LogP contribution in [-0.4, -0.2) is 29.0 Å². The van der Waals surface area contributed by atoms with Gasteiger partial charge in [-0.15, -0.1) is 11.3 Å². The van der Waals surface area contributed by atoms with Crippen molar-refractivity contribution < 1.29 is 4.79 Å². The van der Waals surface area contributed by atoms with Crippen molar-refractivity contribution in [3.05, 3.63) is 29.8 Å². The van der Waals surface area contributed by atoms with Crippen LogP contribution in [0.2, 0.25) is 0 Å². The molecule has 0 radical (unpaired) electrons. The Hall–Kier alpha value is -1.95. The van der Waals surface area contributed by atoms with Crippen molar-refractivity contribution in [2.45, 2.75) is 12.8 Å². The van der Waals surface area contributed by atoms with Crippen LogP contribution >= 0.6 is 11.3 Å². The van der Waals surface area contributed by atoms with Crippen LogP contribution in [0.5, 0.6) is 0 Å². The van der Waals surface area contributed by atoms with Crippen molar-refractivity contribution in [3.8, 4) is 10.6 Å². The molecular weight excluding hydrogens is 272 g/mol. The number of hydrogen-bond acceptors (Lipinski definition) is 5. The van der Waals surface area contributed by atoms with Crippen molar-refractivity contribution in [1.82, 2.24) is 9.97 Å². The number of nitrogens with zero attached hydrogens (tertiary/aromatic N) is 3. The van der Waals surface area contributed by atoms with E-state index in [1.165, 1.54) is 0 Å². The first kappa shape index (κ1) is 13.1. The summed E-state index contributed by atoms with van der Waals surface area (Å²) < 4.78 is 0. The van der Waals surface area contributed by atoms with Gasteiger partial charge >= 0.3 is 0 Å². The maximum Gasteiger partial charge on any atom is 0.225 e. The highest BCUT2D eigenvalue weighted by Crippen LogP contribution is 2.25. The molecule has 3 heterocycles. The molecule has 6 heteroatoms. The van der Waals surface area contributed by atoms with Gasteiger partial charge in [0.25, 0.3) is 0 Å². The summed E-state index contributed by atoms with van der Waals surface area (Å²) in [6.07, 6.45) is 3.35. The Kier molecular flexibility index (Phi) is 3.64. The first-order valence-corrected chi connectivity index (χ1v) is 7.53. The second-order valence-electron chi connectivity index (χ2n) is 4.88. The van der Waals surface area contributed by atoms with E-state index in [-0.39, 0.29) is 11.8 Å². The van der Waals surface area contributed by atoms with Crippen LogP contribution in [0.1, 0.15) is 12.8 Å². The summed E-state index contributed by atoms with van der Waals surface area (Å²) in [5.41, 5.74) is 6.30. The van der Waals surface area contributed by atoms with Crippen LogP contribution < -0.4 is 10.6 Å². The molecule has 1 amide bonds. The van der Waals surface area contributed by atoms with Crippen LogP contribution in [0.15, 0.2) is 29.8 Å². The van der Waals surface area contributed by atoms with Crippen LogP contribution in [0.4, 0.5) is 5.95 Å². The van der Waals surface area contributed by atoms with Gasteiger partial charge in [0.15, 0.2) is 0 Å². The van der Waals surface area contributed by atoms with E-state index in [0.29, 0.717) is 0 Å². The third-order valence-electron chi connectivity index (χ3n) is 3.60. The van der Waals surface area contributed by atoms with Gasteiger partial charge in [-0.2, -0.15) is 0 Å². The number of carbonyl (C=O) groups excluding carboxylic acids is 1. The quantitative estimate of drug-likeness (QED) is 0.936. The highest BCUT2D eigenvalue weighted by Gasteiger charge is 2.24. The number of anilines is 1. The van der Waals surface area contributed by atoms with Gasteiger partial charge in [-0.05, 0) is 30.4 Å². The predicted molar refractivity (Wildman–Crippen MR) is 79.5 cm³/mol. The average Bonchev–Trinajstić information content (AvgIpc) is 3.02. The number of rotatable bonds is 3. The smallest absolute Gasteiger partial charge is 0.225 e. The summed E-state index contributed by atoms with van der Waals surface area (Å²) in [4.78, 5) is 23.4. The molecule has 0 saturated carbocycles. The van der Waals surface area contributed by atoms with E-state index < -0.39 is 0 Å². The first-order chi connectivity index (χ1) is 9.74. The van der Waals surface area contributed by atoms with E-state index in [4.69, 9.17) is 5.73 Å². The van der Waals surface area contributed by atoms with E-state index in [1.54, 1.807) is 17.5 Å². The molecule has 1 saturated heterocycles. The van der Waals surface area contributed by atoms with Crippen molar-refractivity contribution in [2.24, 2.45) is 11.7 Å². The molecular formula is C14H16N4OS. The van der Waals surface area contributed by atoms with E-state index in [0.717, 1.165) is 42.5 Å². The standard InChI is InChI=1S/C14H16N4OS/c15-13(19)10-4-7-18(8-5-10)14-16-6-3-11(17-14)12-2-1-9-20-12/h1-3,6,9-10H,4-5,7-8H2,(H2,15,19). The summed E-state index contributed by atoms with van der Waals surface area (Å²) in [6, 6.07) is 5.99. The Morgan fingerprint density at radius 3 is 2.80 bits per heavy atom. The van der Waals surface area contributed by atoms with Crippen LogP contribution in [0, 0.1) is 5.92 Å². The van der Waals surface area contributed by atoms with Crippen molar-refractivity contribution in [2.75, 3.05) is 18.0 Å². The van der Waals surface area contributed by atoms with Gasteiger partial charge in [0, 0.05) is 25.2 Å². The molecule has 104 valence electrons. The number of amides is 1. The third kappa shape index (κ3) is 2.65. The summed E-state index contributed by atoms with van der Waals surface area (Å²) >= 11 is 1.67. The lowest BCUT2D eigenvalue weighted by Crippen LogP contribution is -2.39. The van der Waals surface area contributed by atoms with Gasteiger partial charge in [0.2, 0.25) is 11.9 Å². The topological polar surface area (TPSA) is 72.1 Å². The van der Waals surface area contributed by atoms with Gasteiger partial charge in [-0.25, -0.2) is 9.97 Å². The molecule has 5 nitrogen and oxygen atoms in total. The van der Waals surface area contributed by atoms with Gasteiger partial charge in [0.1, 0.15) is 0 Å². The zero-order chi connectivity index (χ0) is 13.9. The lowest BCUT2D eigenvalue weighted by molar-refractivity contribution is -0.122. The summed E-state index contributed by atoms with van der Waals surface area (Å²) in [7, 11) is 0. The molecule has 1 aliphatic rings. The molecule has 0 bridgehead atoms. The summed E-state index contributed by atoms with van der Waals surface area (Å²) in [5.74, 6) is 0.531. The van der Waals surface area contributed by atoms with Crippen molar-refractivity contribution in [3.63, 3.8) is 0 Å². The molecule has 2 aromatic rings. The highest BCUT2D eigenvalue weighted by atomic mass is 32.1. The Labute approximate surface area is 121 Å². The number of primary amides is 1. The SMILES string of the molecule is NC(=O)C1CCN(c2nccc(-c3cccs3)n2)CC1. The number of carbonyl (C=O) groups is 1. The Morgan fingerprint density at radius 1 is 1.35 bits per heavy atom. The summed E-state index contributed by atoms with van der Waals surface area (Å²) in [5, 5.41) is 2.04. The zero-order valence-corrected chi connectivity index (χ0v) is 11.8. The molecule has 1 fully saturated rings. The second kappa shape index (κ2) is 5.58. The maximum absolute atomic E-state index is 11.2. The molecule has 0 aromatic carbocycles. The Bertz CT molecular complexity index is 591. The average molecular weight is 288 g/mol. The normalized spacial score (nSPS) is 16.3. The fourth-order valence-electron chi connectivity index (χ4n) is 2.43. The molecule has 20 heavy (non-hydrogen) atoms. The minimum absolute atomic E-state index is 0.00766. The predicted octanol–water partition coefficient (Wildman–Crippen LogP) is 1.91. The number of piperidine rings is 1. The molecule has 1 aliphatic heterocycles. The Balaban J connectivity index is 1.75. The molecule has 0 unspecified atom stereocenters. The minimum Gasteiger partial charge on any atom is -0.369 e. The summed E-state index contributed by atoms with van der Waals surface area (Å²) in [6.45, 7) is 1.56. The molecule has 2 N–H and O–H groups in total. The van der Waals surface area contributed by atoms with Crippen LogP contribution in [0.25, 0.3) is 10.6 Å². The number of hydrogen-bond donors (Lipinski definition) is 1. The monoisotopic (exact) mass is 288 g/mol. The fraction of sp³-hybridized carbons (Fsp3) is 0.357. The van der Waals surface area contributed by atoms with Crippen LogP contribution in [-0.2, 0) is 4.79 Å². The van der Waals surface area contributed by atoms with Gasteiger partial charge in [-0.3, -0.25) is 4.79 Å². The van der Waals surface area contributed by atoms with Crippen LogP contribution in [0.3, 0.4) is 0 Å². The fourth-order valence-corrected chi connectivity index (χ4v) is 3.12. The number of thiophene rings is 1. The van der Waals surface area contributed by atoms with E-state index >= 15 is 0 Å². The molecule has 2 aromatic heterocycles. The Morgan fingerprint density at radius 2 is 2.15 bits per heavy atom. The first-order valence-electron chi connectivity index (χ1n) is 6.65. The van der Waals surface area contributed by atoms with Crippen molar-refractivity contribution >= 4 is 23.2 Å². The number of aromatic nitrogens is 2. The highest BCUT2D eigenvalue weighted by molar-refractivity contribution is 7.13. The maximum atomic E-state index is 11.2. The molecule has 3 rings (SSSR count). The lowest BCUT2D eigenvalue weighted by Gasteiger charge is -2.30. The number of nitrogens with two attached hydrogens (primary N) is 1.